The molecule has 18 heavy (non-hydrogen) atoms. The largest absolute Gasteiger partial charge is 0.473 e. The van der Waals surface area contributed by atoms with Gasteiger partial charge in [-0.3, -0.25) is 0 Å². The molecule has 0 radical (unpaired) electrons. The van der Waals surface area contributed by atoms with Crippen molar-refractivity contribution in [1.29, 1.82) is 0 Å². The Balaban J connectivity index is 1.86. The molecule has 0 amide bonds. The third-order valence-electron chi connectivity index (χ3n) is 3.13. The average Bonchev–Trinajstić information content (AvgIpc) is 3.01. The van der Waals surface area contributed by atoms with Crippen molar-refractivity contribution in [2.24, 2.45) is 0 Å². The average molecular weight is 271 g/mol. The van der Waals surface area contributed by atoms with Crippen LogP contribution in [0, 0.1) is 0 Å². The lowest BCUT2D eigenvalue weighted by Gasteiger charge is -2.19. The van der Waals surface area contributed by atoms with E-state index in [1.54, 1.807) is 0 Å². The summed E-state index contributed by atoms with van der Waals surface area (Å²) < 4.78 is 19.7. The lowest BCUT2D eigenvalue weighted by atomic mass is 10.1. The monoisotopic (exact) mass is 271 g/mol. The van der Waals surface area contributed by atoms with E-state index in [2.05, 4.69) is 27.9 Å². The number of aromatic nitrogens is 2. The first kappa shape index (κ1) is 13.5. The fraction of sp³-hybridized carbons (Fsp3) is 0.833. The molecule has 102 valence electrons. The van der Waals surface area contributed by atoms with Gasteiger partial charge in [0.05, 0.1) is 18.3 Å². The van der Waals surface area contributed by atoms with Crippen LogP contribution in [-0.2, 0) is 0 Å². The molecule has 0 bridgehead atoms. The zero-order valence-corrected chi connectivity index (χ0v) is 11.8. The number of hydrogen-bond donors (Lipinski definition) is 1. The molecule has 0 aliphatic carbocycles. The zero-order valence-electron chi connectivity index (χ0n) is 11.0. The van der Waals surface area contributed by atoms with Gasteiger partial charge in [0.1, 0.15) is 6.10 Å². The van der Waals surface area contributed by atoms with Gasteiger partial charge in [-0.05, 0) is 32.7 Å². The molecule has 1 aromatic heterocycles. The number of nitrogens with one attached hydrogen (secondary N) is 1. The van der Waals surface area contributed by atoms with Gasteiger partial charge in [0.15, 0.2) is 0 Å². The first-order valence-corrected chi connectivity index (χ1v) is 7.39. The van der Waals surface area contributed by atoms with Crippen molar-refractivity contribution in [3.8, 4) is 11.8 Å². The standard InChI is InChI=1S/C12H21N3O2S/c1-3-4-8-16-11-12(15-18-14-11)17-9(2)10-6-5-7-13-10/h9-10,13H,3-8H2,1-2H3. The molecule has 2 unspecified atom stereocenters. The molecular formula is C12H21N3O2S. The molecule has 1 aliphatic rings. The summed E-state index contributed by atoms with van der Waals surface area (Å²) in [4.78, 5) is 0. The van der Waals surface area contributed by atoms with Crippen LogP contribution in [0.15, 0.2) is 0 Å². The third kappa shape index (κ3) is 3.55. The van der Waals surface area contributed by atoms with Crippen molar-refractivity contribution < 1.29 is 9.47 Å². The van der Waals surface area contributed by atoms with Crippen LogP contribution < -0.4 is 14.8 Å². The Kier molecular flexibility index (Phi) is 5.19. The first-order chi connectivity index (χ1) is 8.81. The van der Waals surface area contributed by atoms with Gasteiger partial charge in [0.2, 0.25) is 0 Å². The van der Waals surface area contributed by atoms with E-state index in [0.717, 1.165) is 37.5 Å². The molecule has 1 aliphatic heterocycles. The minimum absolute atomic E-state index is 0.102. The SMILES string of the molecule is CCCCOc1nsnc1OC(C)C1CCCN1. The first-order valence-electron chi connectivity index (χ1n) is 6.66. The van der Waals surface area contributed by atoms with Crippen LogP contribution in [0.25, 0.3) is 0 Å². The fourth-order valence-corrected chi connectivity index (χ4v) is 2.46. The van der Waals surface area contributed by atoms with Crippen LogP contribution in [0.1, 0.15) is 39.5 Å². The lowest BCUT2D eigenvalue weighted by molar-refractivity contribution is 0.162. The highest BCUT2D eigenvalue weighted by Crippen LogP contribution is 2.26. The normalized spacial score (nSPS) is 20.9. The smallest absolute Gasteiger partial charge is 0.291 e. The highest BCUT2D eigenvalue weighted by molar-refractivity contribution is 6.99. The zero-order chi connectivity index (χ0) is 12.8. The Morgan fingerprint density at radius 1 is 1.44 bits per heavy atom. The Morgan fingerprint density at radius 2 is 2.28 bits per heavy atom. The van der Waals surface area contributed by atoms with Crippen LogP contribution >= 0.6 is 11.7 Å². The van der Waals surface area contributed by atoms with Gasteiger partial charge in [-0.2, -0.15) is 0 Å². The summed E-state index contributed by atoms with van der Waals surface area (Å²) >= 11 is 1.14. The summed E-state index contributed by atoms with van der Waals surface area (Å²) in [7, 11) is 0. The minimum atomic E-state index is 0.102. The molecule has 0 spiro atoms. The molecule has 2 atom stereocenters. The Morgan fingerprint density at radius 3 is 3.00 bits per heavy atom. The van der Waals surface area contributed by atoms with Crippen molar-refractivity contribution in [3.05, 3.63) is 0 Å². The second-order valence-electron chi connectivity index (χ2n) is 4.60. The van der Waals surface area contributed by atoms with Gasteiger partial charge in [-0.1, -0.05) is 13.3 Å². The van der Waals surface area contributed by atoms with Crippen molar-refractivity contribution >= 4 is 11.7 Å². The third-order valence-corrected chi connectivity index (χ3v) is 3.62. The van der Waals surface area contributed by atoms with Crippen LogP contribution in [0.3, 0.4) is 0 Å². The molecule has 0 saturated carbocycles. The summed E-state index contributed by atoms with van der Waals surface area (Å²) in [6.07, 6.45) is 4.61. The van der Waals surface area contributed by atoms with Gasteiger partial charge in [-0.15, -0.1) is 8.75 Å². The highest BCUT2D eigenvalue weighted by Gasteiger charge is 2.24. The second kappa shape index (κ2) is 6.89. The Labute approximate surface area is 112 Å². The molecule has 1 N–H and O–H groups in total. The van der Waals surface area contributed by atoms with Crippen molar-refractivity contribution in [2.45, 2.75) is 51.7 Å². The topological polar surface area (TPSA) is 56.3 Å². The number of ether oxygens (including phenoxy) is 2. The summed E-state index contributed by atoms with van der Waals surface area (Å²) in [5.74, 6) is 1.08. The second-order valence-corrected chi connectivity index (χ2v) is 5.13. The molecule has 0 aromatic carbocycles. The molecule has 6 heteroatoms. The maximum absolute atomic E-state index is 5.85. The van der Waals surface area contributed by atoms with E-state index >= 15 is 0 Å². The summed E-state index contributed by atoms with van der Waals surface area (Å²) in [5.41, 5.74) is 0. The van der Waals surface area contributed by atoms with Crippen LogP contribution in [0.2, 0.25) is 0 Å². The van der Waals surface area contributed by atoms with Gasteiger partial charge in [0, 0.05) is 6.04 Å². The Hall–Kier alpha value is -0.880. The Bertz CT molecular complexity index is 353. The van der Waals surface area contributed by atoms with E-state index in [4.69, 9.17) is 9.47 Å². The van der Waals surface area contributed by atoms with Gasteiger partial charge < -0.3 is 14.8 Å². The van der Waals surface area contributed by atoms with Gasteiger partial charge in [-0.25, -0.2) is 0 Å². The highest BCUT2D eigenvalue weighted by atomic mass is 32.1. The molecular weight excluding hydrogens is 250 g/mol. The summed E-state index contributed by atoms with van der Waals surface area (Å²) in [6.45, 7) is 5.95. The molecule has 5 nitrogen and oxygen atoms in total. The molecule has 2 heterocycles. The van der Waals surface area contributed by atoms with E-state index in [1.165, 1.54) is 6.42 Å². The van der Waals surface area contributed by atoms with Crippen molar-refractivity contribution in [1.82, 2.24) is 14.1 Å². The summed E-state index contributed by atoms with van der Waals surface area (Å²) in [5, 5.41) is 3.43. The van der Waals surface area contributed by atoms with Crippen LogP contribution in [0.5, 0.6) is 11.8 Å². The van der Waals surface area contributed by atoms with E-state index in [0.29, 0.717) is 24.4 Å². The van der Waals surface area contributed by atoms with Crippen LogP contribution in [0.4, 0.5) is 0 Å². The predicted octanol–water partition coefficient (Wildman–Crippen LogP) is 2.24. The number of unbranched alkanes of at least 4 members (excludes halogenated alkanes) is 1. The lowest BCUT2D eigenvalue weighted by Crippen LogP contribution is -2.36. The van der Waals surface area contributed by atoms with E-state index < -0.39 is 0 Å². The minimum Gasteiger partial charge on any atom is -0.473 e. The summed E-state index contributed by atoms with van der Waals surface area (Å²) in [6, 6.07) is 0.412. The van der Waals surface area contributed by atoms with Crippen LogP contribution in [-0.4, -0.2) is 34.0 Å². The van der Waals surface area contributed by atoms with Gasteiger partial charge in [0.25, 0.3) is 11.8 Å². The molecule has 1 fully saturated rings. The number of hydrogen-bond acceptors (Lipinski definition) is 6. The van der Waals surface area contributed by atoms with E-state index in [-0.39, 0.29) is 6.10 Å². The quantitative estimate of drug-likeness (QED) is 0.771. The molecule has 2 rings (SSSR count). The van der Waals surface area contributed by atoms with E-state index in [9.17, 15) is 0 Å². The van der Waals surface area contributed by atoms with Gasteiger partial charge >= 0.3 is 0 Å². The number of nitrogens with zero attached hydrogens (tertiary/aromatic N) is 2. The maximum Gasteiger partial charge on any atom is 0.291 e. The predicted molar refractivity (Wildman–Crippen MR) is 71.4 cm³/mol. The molecule has 1 aromatic rings. The fourth-order valence-electron chi connectivity index (χ4n) is 2.02. The maximum atomic E-state index is 5.85. The van der Waals surface area contributed by atoms with E-state index in [1.807, 2.05) is 0 Å². The molecule has 1 saturated heterocycles. The van der Waals surface area contributed by atoms with Crippen molar-refractivity contribution in [3.63, 3.8) is 0 Å². The van der Waals surface area contributed by atoms with Crippen molar-refractivity contribution in [2.75, 3.05) is 13.2 Å². The number of rotatable bonds is 7.